The number of benzene rings is 1. The third-order valence-corrected chi connectivity index (χ3v) is 2.17. The summed E-state index contributed by atoms with van der Waals surface area (Å²) < 4.78 is 0. The van der Waals surface area contributed by atoms with Crippen molar-refractivity contribution < 1.29 is 0 Å². The second-order valence-electron chi connectivity index (χ2n) is 2.22. The van der Waals surface area contributed by atoms with E-state index in [1.54, 1.807) is 0 Å². The Morgan fingerprint density at radius 3 is 2.83 bits per heavy atom. The highest BCUT2D eigenvalue weighted by Crippen LogP contribution is 2.23. The zero-order valence-electron chi connectivity index (χ0n) is 6.19. The number of aromatic nitrogens is 2. The highest BCUT2D eigenvalue weighted by molar-refractivity contribution is 7.18. The van der Waals surface area contributed by atoms with Crippen molar-refractivity contribution in [2.45, 2.75) is 0 Å². The maximum Gasteiger partial charge on any atom is 0.203 e. The van der Waals surface area contributed by atoms with Crippen LogP contribution in [-0.4, -0.2) is 10.2 Å². The summed E-state index contributed by atoms with van der Waals surface area (Å²) in [4.78, 5) is 0. The number of rotatable bonds is 1. The molecule has 4 heteroatoms. The van der Waals surface area contributed by atoms with Crippen LogP contribution >= 0.6 is 11.3 Å². The van der Waals surface area contributed by atoms with Crippen LogP contribution in [0.25, 0.3) is 10.6 Å². The van der Waals surface area contributed by atoms with Gasteiger partial charge in [0, 0.05) is 5.56 Å². The predicted molar refractivity (Wildman–Crippen MR) is 48.6 cm³/mol. The molecule has 2 aromatic rings. The summed E-state index contributed by atoms with van der Waals surface area (Å²) in [5, 5.41) is 8.92. The van der Waals surface area contributed by atoms with Gasteiger partial charge in [-0.25, -0.2) is 0 Å². The van der Waals surface area contributed by atoms with Gasteiger partial charge in [-0.1, -0.05) is 35.6 Å². The number of anilines is 1. The number of nitrogens with two attached hydrogens (primary N) is 1. The van der Waals surface area contributed by atoms with Crippen LogP contribution in [-0.2, 0) is 0 Å². The Labute approximate surface area is 73.9 Å². The second-order valence-corrected chi connectivity index (χ2v) is 3.23. The molecule has 0 aliphatic rings. The van der Waals surface area contributed by atoms with Crippen molar-refractivity contribution in [2.24, 2.45) is 0 Å². The second kappa shape index (κ2) is 2.91. The standard InChI is InChI=1S/C8H6N3S/c9-8-11-10-7(12-8)6-4-2-1-3-5-6/h1-4H,(H2,9,11). The Balaban J connectivity index is 2.45. The molecule has 0 atom stereocenters. The van der Waals surface area contributed by atoms with E-state index in [4.69, 9.17) is 5.73 Å². The summed E-state index contributed by atoms with van der Waals surface area (Å²) >= 11 is 1.37. The van der Waals surface area contributed by atoms with E-state index in [-0.39, 0.29) is 0 Å². The fraction of sp³-hybridized carbons (Fsp3) is 0. The van der Waals surface area contributed by atoms with E-state index < -0.39 is 0 Å². The third kappa shape index (κ3) is 1.29. The van der Waals surface area contributed by atoms with Crippen molar-refractivity contribution in [1.29, 1.82) is 0 Å². The Bertz CT molecular complexity index is 369. The maximum absolute atomic E-state index is 5.45. The van der Waals surface area contributed by atoms with E-state index in [1.807, 2.05) is 24.3 Å². The number of nitrogens with zero attached hydrogens (tertiary/aromatic N) is 2. The van der Waals surface area contributed by atoms with E-state index in [0.29, 0.717) is 5.13 Å². The van der Waals surface area contributed by atoms with Gasteiger partial charge < -0.3 is 5.73 Å². The minimum atomic E-state index is 0.488. The molecule has 0 amide bonds. The quantitative estimate of drug-likeness (QED) is 0.717. The molecule has 1 aromatic heterocycles. The molecule has 0 spiro atoms. The number of hydrogen-bond acceptors (Lipinski definition) is 4. The van der Waals surface area contributed by atoms with E-state index in [9.17, 15) is 0 Å². The predicted octanol–water partition coefficient (Wildman–Crippen LogP) is 1.59. The molecule has 2 N–H and O–H groups in total. The topological polar surface area (TPSA) is 51.8 Å². The lowest BCUT2D eigenvalue weighted by Crippen LogP contribution is -1.80. The Kier molecular flexibility index (Phi) is 1.75. The average molecular weight is 176 g/mol. The van der Waals surface area contributed by atoms with Gasteiger partial charge in [0.05, 0.1) is 0 Å². The summed E-state index contributed by atoms with van der Waals surface area (Å²) in [5.41, 5.74) is 6.38. The average Bonchev–Trinajstić information content (AvgIpc) is 2.54. The van der Waals surface area contributed by atoms with Gasteiger partial charge >= 0.3 is 0 Å². The van der Waals surface area contributed by atoms with Gasteiger partial charge in [-0.05, 0) is 6.07 Å². The van der Waals surface area contributed by atoms with E-state index in [2.05, 4.69) is 16.3 Å². The van der Waals surface area contributed by atoms with Crippen LogP contribution in [0.1, 0.15) is 0 Å². The molecule has 0 fully saturated rings. The van der Waals surface area contributed by atoms with Crippen LogP contribution < -0.4 is 5.73 Å². The lowest BCUT2D eigenvalue weighted by atomic mass is 10.2. The smallest absolute Gasteiger partial charge is 0.203 e. The van der Waals surface area contributed by atoms with Crippen LogP contribution in [0.4, 0.5) is 5.13 Å². The molecule has 59 valence electrons. The highest BCUT2D eigenvalue weighted by Gasteiger charge is 2.02. The molecule has 1 heterocycles. The first-order valence-corrected chi connectivity index (χ1v) is 4.24. The maximum atomic E-state index is 5.45. The van der Waals surface area contributed by atoms with Crippen molar-refractivity contribution in [1.82, 2.24) is 10.2 Å². The largest absolute Gasteiger partial charge is 0.374 e. The highest BCUT2D eigenvalue weighted by atomic mass is 32.1. The molecule has 2 rings (SSSR count). The summed E-state index contributed by atoms with van der Waals surface area (Å²) in [7, 11) is 0. The normalized spacial score (nSPS) is 10.0. The molecule has 12 heavy (non-hydrogen) atoms. The molecule has 0 saturated carbocycles. The monoisotopic (exact) mass is 176 g/mol. The van der Waals surface area contributed by atoms with E-state index in [1.165, 1.54) is 11.3 Å². The minimum Gasteiger partial charge on any atom is -0.374 e. The van der Waals surface area contributed by atoms with Gasteiger partial charge in [0.25, 0.3) is 0 Å². The Morgan fingerprint density at radius 1 is 1.33 bits per heavy atom. The Morgan fingerprint density at radius 2 is 2.25 bits per heavy atom. The zero-order chi connectivity index (χ0) is 8.39. The van der Waals surface area contributed by atoms with Crippen molar-refractivity contribution in [3.8, 4) is 10.6 Å². The molecular weight excluding hydrogens is 170 g/mol. The van der Waals surface area contributed by atoms with Crippen LogP contribution in [0.3, 0.4) is 0 Å². The van der Waals surface area contributed by atoms with Gasteiger partial charge in [-0.2, -0.15) is 0 Å². The van der Waals surface area contributed by atoms with Gasteiger partial charge in [-0.15, -0.1) is 10.2 Å². The molecule has 0 saturated heterocycles. The van der Waals surface area contributed by atoms with Gasteiger partial charge in [0.1, 0.15) is 5.01 Å². The van der Waals surface area contributed by atoms with Crippen LogP contribution in [0.2, 0.25) is 0 Å². The molecule has 1 aromatic carbocycles. The summed E-state index contributed by atoms with van der Waals surface area (Å²) in [6.07, 6.45) is 0. The van der Waals surface area contributed by atoms with Gasteiger partial charge in [-0.3, -0.25) is 0 Å². The third-order valence-electron chi connectivity index (χ3n) is 1.38. The van der Waals surface area contributed by atoms with Crippen LogP contribution in [0, 0.1) is 6.07 Å². The molecule has 3 nitrogen and oxygen atoms in total. The lowest BCUT2D eigenvalue weighted by Gasteiger charge is -1.89. The fourth-order valence-electron chi connectivity index (χ4n) is 0.870. The molecule has 1 radical (unpaired) electrons. The van der Waals surface area contributed by atoms with E-state index >= 15 is 0 Å². The first kappa shape index (κ1) is 7.24. The van der Waals surface area contributed by atoms with E-state index in [0.717, 1.165) is 10.6 Å². The van der Waals surface area contributed by atoms with Gasteiger partial charge in [0.15, 0.2) is 0 Å². The summed E-state index contributed by atoms with van der Waals surface area (Å²) in [5.74, 6) is 0. The summed E-state index contributed by atoms with van der Waals surface area (Å²) in [6.45, 7) is 0. The van der Waals surface area contributed by atoms with Crippen molar-refractivity contribution in [3.63, 3.8) is 0 Å². The molecular formula is C8H6N3S. The first-order chi connectivity index (χ1) is 5.86. The molecule has 0 aliphatic heterocycles. The number of hydrogen-bond donors (Lipinski definition) is 1. The Hall–Kier alpha value is -1.42. The lowest BCUT2D eigenvalue weighted by molar-refractivity contribution is 1.10. The van der Waals surface area contributed by atoms with Crippen LogP contribution in [0.15, 0.2) is 24.3 Å². The van der Waals surface area contributed by atoms with Gasteiger partial charge in [0.2, 0.25) is 5.13 Å². The number of nitrogen functional groups attached to an aromatic ring is 1. The summed E-state index contributed by atoms with van der Waals surface area (Å²) in [6, 6.07) is 10.7. The van der Waals surface area contributed by atoms with Crippen molar-refractivity contribution in [3.05, 3.63) is 30.3 Å². The SMILES string of the molecule is Nc1nnc(-c2[c]cccc2)s1. The van der Waals surface area contributed by atoms with Crippen molar-refractivity contribution in [2.75, 3.05) is 5.73 Å². The van der Waals surface area contributed by atoms with Crippen molar-refractivity contribution >= 4 is 16.5 Å². The van der Waals surface area contributed by atoms with Crippen LogP contribution in [0.5, 0.6) is 0 Å². The fourth-order valence-corrected chi connectivity index (χ4v) is 1.47. The molecule has 0 bridgehead atoms. The molecule has 0 unspecified atom stereocenters. The molecule has 0 aliphatic carbocycles. The minimum absolute atomic E-state index is 0.488. The zero-order valence-corrected chi connectivity index (χ0v) is 7.01. The first-order valence-electron chi connectivity index (χ1n) is 3.42.